The average Bonchev–Trinajstić information content (AvgIpc) is 2.73. The van der Waals surface area contributed by atoms with Crippen LogP contribution in [0.2, 0.25) is 0 Å². The van der Waals surface area contributed by atoms with Gasteiger partial charge in [0.05, 0.1) is 19.8 Å². The minimum absolute atomic E-state index is 0.0529. The van der Waals surface area contributed by atoms with Gasteiger partial charge in [0.15, 0.2) is 11.5 Å². The Hall–Kier alpha value is -2.11. The van der Waals surface area contributed by atoms with Gasteiger partial charge in [-0.1, -0.05) is 31.0 Å². The van der Waals surface area contributed by atoms with E-state index in [1.807, 2.05) is 18.2 Å². The Balaban J connectivity index is 1.72. The summed E-state index contributed by atoms with van der Waals surface area (Å²) in [6.45, 7) is 1.44. The number of methoxy groups -OCH3 is 2. The number of aliphatic hydroxyl groups is 1. The maximum Gasteiger partial charge on any atom is 0.161 e. The number of likely N-dealkylation sites (tertiary alicyclic amines) is 1. The van der Waals surface area contributed by atoms with E-state index in [9.17, 15) is 9.50 Å². The fourth-order valence-electron chi connectivity index (χ4n) is 5.27. The number of hydrogen-bond donors (Lipinski definition) is 1. The first kappa shape index (κ1) is 20.2. The molecule has 1 aliphatic heterocycles. The van der Waals surface area contributed by atoms with E-state index in [4.69, 9.17) is 9.47 Å². The maximum absolute atomic E-state index is 13.8. The van der Waals surface area contributed by atoms with E-state index in [2.05, 4.69) is 11.0 Å². The van der Waals surface area contributed by atoms with E-state index in [1.54, 1.807) is 26.4 Å². The third-order valence-electron chi connectivity index (χ3n) is 6.70. The summed E-state index contributed by atoms with van der Waals surface area (Å²) in [5, 5.41) is 11.4. The van der Waals surface area contributed by atoms with Crippen LogP contribution in [0.4, 0.5) is 4.39 Å². The fraction of sp³-hybridized carbons (Fsp3) is 0.500. The first-order chi connectivity index (χ1) is 14.0. The molecule has 1 aliphatic carbocycles. The predicted octanol–water partition coefficient (Wildman–Crippen LogP) is 4.71. The van der Waals surface area contributed by atoms with Crippen LogP contribution in [0.15, 0.2) is 42.5 Å². The van der Waals surface area contributed by atoms with Crippen molar-refractivity contribution in [2.75, 3.05) is 20.8 Å². The molecule has 3 atom stereocenters. The highest BCUT2D eigenvalue weighted by Crippen LogP contribution is 2.50. The first-order valence-corrected chi connectivity index (χ1v) is 10.5. The molecule has 5 heteroatoms. The summed E-state index contributed by atoms with van der Waals surface area (Å²) in [7, 11) is 3.28. The van der Waals surface area contributed by atoms with Crippen LogP contribution >= 0.6 is 0 Å². The lowest BCUT2D eigenvalue weighted by molar-refractivity contribution is -0.126. The second kappa shape index (κ2) is 8.33. The molecule has 4 rings (SSSR count). The lowest BCUT2D eigenvalue weighted by Crippen LogP contribution is -2.54. The van der Waals surface area contributed by atoms with Gasteiger partial charge in [-0.05, 0) is 54.7 Å². The first-order valence-electron chi connectivity index (χ1n) is 10.5. The summed E-state index contributed by atoms with van der Waals surface area (Å²) in [4.78, 5) is 2.39. The Kier molecular flexibility index (Phi) is 5.79. The van der Waals surface area contributed by atoms with Crippen molar-refractivity contribution in [1.29, 1.82) is 0 Å². The molecular weight excluding hydrogens is 369 g/mol. The number of halogens is 1. The van der Waals surface area contributed by atoms with Gasteiger partial charge in [0.1, 0.15) is 5.82 Å². The van der Waals surface area contributed by atoms with E-state index in [1.165, 1.54) is 6.07 Å². The number of benzene rings is 2. The number of hydrogen-bond acceptors (Lipinski definition) is 4. The summed E-state index contributed by atoms with van der Waals surface area (Å²) in [5.74, 6) is 1.33. The van der Waals surface area contributed by atoms with Gasteiger partial charge in [0.2, 0.25) is 0 Å². The van der Waals surface area contributed by atoms with Crippen molar-refractivity contribution < 1.29 is 19.0 Å². The molecule has 2 aromatic rings. The van der Waals surface area contributed by atoms with Crippen molar-refractivity contribution in [2.45, 2.75) is 50.3 Å². The van der Waals surface area contributed by atoms with Gasteiger partial charge in [0, 0.05) is 25.0 Å². The summed E-state index contributed by atoms with van der Waals surface area (Å²) in [6.07, 6.45) is 4.82. The second-order valence-corrected chi connectivity index (χ2v) is 8.37. The minimum atomic E-state index is -0.630. The van der Waals surface area contributed by atoms with Crippen molar-refractivity contribution in [3.05, 3.63) is 59.4 Å². The fourth-order valence-corrected chi connectivity index (χ4v) is 5.27. The Labute approximate surface area is 172 Å². The molecule has 0 aromatic heterocycles. The molecule has 1 saturated carbocycles. The molecule has 0 amide bonds. The average molecular weight is 400 g/mol. The summed E-state index contributed by atoms with van der Waals surface area (Å²) >= 11 is 0. The van der Waals surface area contributed by atoms with Gasteiger partial charge < -0.3 is 14.6 Å². The lowest BCUT2D eigenvalue weighted by Gasteiger charge is -2.53. The van der Waals surface area contributed by atoms with E-state index in [0.717, 1.165) is 49.8 Å². The van der Waals surface area contributed by atoms with Crippen LogP contribution in [0.1, 0.15) is 49.3 Å². The van der Waals surface area contributed by atoms with Crippen LogP contribution in [-0.2, 0) is 6.54 Å². The number of nitrogens with zero attached hydrogens (tertiary/aromatic N) is 1. The summed E-state index contributed by atoms with van der Waals surface area (Å²) in [6, 6.07) is 12.9. The number of rotatable bonds is 5. The molecule has 2 fully saturated rings. The molecule has 2 aromatic carbocycles. The van der Waals surface area contributed by atoms with Crippen LogP contribution in [-0.4, -0.2) is 36.4 Å². The third kappa shape index (κ3) is 3.99. The zero-order valence-electron chi connectivity index (χ0n) is 17.2. The smallest absolute Gasteiger partial charge is 0.161 e. The Bertz CT molecular complexity index is 858. The van der Waals surface area contributed by atoms with Gasteiger partial charge in [-0.25, -0.2) is 4.39 Å². The molecule has 0 bridgehead atoms. The molecule has 0 radical (unpaired) electrons. The molecule has 1 N–H and O–H groups in total. The largest absolute Gasteiger partial charge is 0.493 e. The van der Waals surface area contributed by atoms with E-state index < -0.39 is 5.60 Å². The van der Waals surface area contributed by atoms with E-state index in [0.29, 0.717) is 18.0 Å². The van der Waals surface area contributed by atoms with Gasteiger partial charge in [-0.2, -0.15) is 0 Å². The number of ether oxygens (including phenoxy) is 2. The highest BCUT2D eigenvalue weighted by atomic mass is 19.1. The Morgan fingerprint density at radius 2 is 1.90 bits per heavy atom. The van der Waals surface area contributed by atoms with Crippen LogP contribution in [0.25, 0.3) is 0 Å². The van der Waals surface area contributed by atoms with Crippen molar-refractivity contribution >= 4 is 0 Å². The maximum atomic E-state index is 13.8. The van der Waals surface area contributed by atoms with Crippen molar-refractivity contribution in [3.63, 3.8) is 0 Å². The molecule has 0 spiro atoms. The van der Waals surface area contributed by atoms with Gasteiger partial charge in [-0.3, -0.25) is 4.90 Å². The Morgan fingerprint density at radius 1 is 1.07 bits per heavy atom. The molecule has 2 aliphatic rings. The van der Waals surface area contributed by atoms with Gasteiger partial charge >= 0.3 is 0 Å². The second-order valence-electron chi connectivity index (χ2n) is 8.37. The Morgan fingerprint density at radius 3 is 2.66 bits per heavy atom. The number of fused-ring (bicyclic) bond motifs is 1. The van der Waals surface area contributed by atoms with Gasteiger partial charge in [0.25, 0.3) is 0 Å². The van der Waals surface area contributed by atoms with E-state index >= 15 is 0 Å². The van der Waals surface area contributed by atoms with Gasteiger partial charge in [-0.15, -0.1) is 0 Å². The molecular formula is C24H30FNO3. The topological polar surface area (TPSA) is 41.9 Å². The third-order valence-corrected chi connectivity index (χ3v) is 6.70. The zero-order chi connectivity index (χ0) is 20.4. The van der Waals surface area contributed by atoms with Crippen LogP contribution in [0.5, 0.6) is 11.5 Å². The van der Waals surface area contributed by atoms with Crippen LogP contribution in [0, 0.1) is 11.7 Å². The monoisotopic (exact) mass is 399 g/mol. The van der Waals surface area contributed by atoms with E-state index in [-0.39, 0.29) is 17.8 Å². The number of piperidine rings is 1. The van der Waals surface area contributed by atoms with Crippen molar-refractivity contribution in [3.8, 4) is 11.5 Å². The summed E-state index contributed by atoms with van der Waals surface area (Å²) < 4.78 is 24.7. The van der Waals surface area contributed by atoms with Crippen LogP contribution < -0.4 is 9.47 Å². The molecule has 0 unspecified atom stereocenters. The quantitative estimate of drug-likeness (QED) is 0.791. The molecule has 4 nitrogen and oxygen atoms in total. The normalized spacial score (nSPS) is 27.3. The SMILES string of the molecule is COc1ccc([C@@H]2[C@H]3CCCC[C@]3(O)CCN2Cc2cccc(F)c2)cc1OC. The lowest BCUT2D eigenvalue weighted by atomic mass is 9.66. The van der Waals surface area contributed by atoms with Crippen molar-refractivity contribution in [1.82, 2.24) is 4.90 Å². The van der Waals surface area contributed by atoms with Crippen LogP contribution in [0.3, 0.4) is 0 Å². The molecule has 1 heterocycles. The molecule has 1 saturated heterocycles. The summed E-state index contributed by atoms with van der Waals surface area (Å²) in [5.41, 5.74) is 1.44. The highest BCUT2D eigenvalue weighted by Gasteiger charge is 2.48. The zero-order valence-corrected chi connectivity index (χ0v) is 17.2. The standard InChI is InChI=1S/C24H30FNO3/c1-28-21-10-9-18(15-22(21)29-2)23-20-8-3-4-11-24(20,27)12-13-26(23)16-17-6-5-7-19(25)14-17/h5-7,9-10,14-15,20,23,27H,3-4,8,11-13,16H2,1-2H3/t20-,23-,24+/m1/s1. The minimum Gasteiger partial charge on any atom is -0.493 e. The molecule has 156 valence electrons. The van der Waals surface area contributed by atoms with Crippen molar-refractivity contribution in [2.24, 2.45) is 5.92 Å². The highest BCUT2D eigenvalue weighted by molar-refractivity contribution is 5.44. The predicted molar refractivity (Wildman–Crippen MR) is 111 cm³/mol. The molecule has 29 heavy (non-hydrogen) atoms.